The summed E-state index contributed by atoms with van der Waals surface area (Å²) in [5.41, 5.74) is 0. The Morgan fingerprint density at radius 2 is 0.360 bits per heavy atom. The molecule has 0 aromatic rings. The van der Waals surface area contributed by atoms with Gasteiger partial charge in [0.15, 0.2) is 0 Å². The third-order valence-corrected chi connectivity index (χ3v) is 0. The van der Waals surface area contributed by atoms with Gasteiger partial charge in [-0.3, -0.25) is 0 Å². The molecule has 0 aliphatic rings. The summed E-state index contributed by atoms with van der Waals surface area (Å²) in [4.78, 5) is 53.3. The standard InChI is InChI=1S/6C2H4O2.Rh/c6*1-2(3)4;/h6*1H3,(H,3,4);/p-6. The molecule has 0 unspecified atom stereocenters. The second-order valence-electron chi connectivity index (χ2n) is 2.95. The summed E-state index contributed by atoms with van der Waals surface area (Å²) >= 11 is 0. The van der Waals surface area contributed by atoms with Crippen molar-refractivity contribution in [1.82, 2.24) is 0 Å². The van der Waals surface area contributed by atoms with Crippen molar-refractivity contribution in [3.8, 4) is 0 Å². The molecule has 0 heterocycles. The Balaban J connectivity index is -0.0000000309. The zero-order valence-electron chi connectivity index (χ0n) is 14.2. The third-order valence-electron chi connectivity index (χ3n) is 0. The molecule has 0 aromatic carbocycles. The van der Waals surface area contributed by atoms with Gasteiger partial charge in [0.1, 0.15) is 0 Å². The molecule has 0 rings (SSSR count). The molecule has 25 heavy (non-hydrogen) atoms. The first-order valence-electron chi connectivity index (χ1n) is 5.45. The van der Waals surface area contributed by atoms with Gasteiger partial charge in [-0.05, 0) is 41.5 Å². The first-order chi connectivity index (χ1) is 10.4. The molecule has 0 fully saturated rings. The Morgan fingerprint density at radius 3 is 0.360 bits per heavy atom. The normalized spacial score (nSPS) is 6.00. The number of hydrogen-bond acceptors (Lipinski definition) is 12. The van der Waals surface area contributed by atoms with E-state index in [1.165, 1.54) is 0 Å². The van der Waals surface area contributed by atoms with Gasteiger partial charge in [-0.2, -0.15) is 0 Å². The minimum atomic E-state index is -1.08. The summed E-state index contributed by atoms with van der Waals surface area (Å²) in [5, 5.41) is 53.3. The molecule has 0 N–H and O–H groups in total. The summed E-state index contributed by atoms with van der Waals surface area (Å²) in [6.07, 6.45) is 0. The number of carboxylic acids is 6. The summed E-state index contributed by atoms with van der Waals surface area (Å²) in [5.74, 6) is -6.50. The SMILES string of the molecule is CC(=O)[O-].CC(=O)[O-].CC(=O)[O-].CC(=O)[O-].CC(=O)[O-].CC(=O)[O-].[Rh]. The van der Waals surface area contributed by atoms with E-state index in [9.17, 15) is 0 Å². The maximum absolute atomic E-state index is 8.89. The van der Waals surface area contributed by atoms with Crippen LogP contribution in [0.25, 0.3) is 0 Å². The van der Waals surface area contributed by atoms with Gasteiger partial charge in [-0.15, -0.1) is 0 Å². The Bertz CT molecular complexity index is 261. The number of rotatable bonds is 0. The fraction of sp³-hybridized carbons (Fsp3) is 0.500. The van der Waals surface area contributed by atoms with Crippen LogP contribution in [0.5, 0.6) is 0 Å². The van der Waals surface area contributed by atoms with Gasteiger partial charge >= 0.3 is 0 Å². The van der Waals surface area contributed by atoms with Crippen molar-refractivity contribution < 1.29 is 78.9 Å². The molecule has 0 aliphatic heterocycles. The molecule has 0 aliphatic carbocycles. The van der Waals surface area contributed by atoms with Crippen LogP contribution in [-0.2, 0) is 48.2 Å². The Kier molecular flexibility index (Phi) is 65.0. The molecule has 0 spiro atoms. The van der Waals surface area contributed by atoms with E-state index in [0.717, 1.165) is 41.5 Å². The molecular formula is C12H18O12Rh-6. The van der Waals surface area contributed by atoms with Gasteiger partial charge in [0.2, 0.25) is 0 Å². The first kappa shape index (κ1) is 43.3. The van der Waals surface area contributed by atoms with E-state index in [4.69, 9.17) is 59.4 Å². The van der Waals surface area contributed by atoms with E-state index >= 15 is 0 Å². The molecule has 0 bridgehead atoms. The van der Waals surface area contributed by atoms with Crippen molar-refractivity contribution in [2.75, 3.05) is 0 Å². The fourth-order valence-electron chi connectivity index (χ4n) is 0. The van der Waals surface area contributed by atoms with Gasteiger partial charge in [0, 0.05) is 55.3 Å². The van der Waals surface area contributed by atoms with Crippen LogP contribution in [0.4, 0.5) is 0 Å². The molecule has 0 saturated heterocycles. The first-order valence-corrected chi connectivity index (χ1v) is 5.45. The van der Waals surface area contributed by atoms with Gasteiger partial charge in [0.25, 0.3) is 0 Å². The van der Waals surface area contributed by atoms with Crippen LogP contribution in [0.15, 0.2) is 0 Å². The van der Waals surface area contributed by atoms with Crippen molar-refractivity contribution in [3.05, 3.63) is 0 Å². The van der Waals surface area contributed by atoms with Crippen LogP contribution in [0.1, 0.15) is 41.5 Å². The summed E-state index contributed by atoms with van der Waals surface area (Å²) in [6, 6.07) is 0. The van der Waals surface area contributed by atoms with Crippen LogP contribution in [0, 0.1) is 0 Å². The molecule has 0 amide bonds. The molecule has 1 radical (unpaired) electrons. The van der Waals surface area contributed by atoms with Gasteiger partial charge < -0.3 is 59.4 Å². The molecule has 153 valence electrons. The number of carbonyl (C=O) groups excluding carboxylic acids is 6. The van der Waals surface area contributed by atoms with E-state index in [1.807, 2.05) is 0 Å². The second-order valence-corrected chi connectivity index (χ2v) is 2.95. The molecule has 12 nitrogen and oxygen atoms in total. The van der Waals surface area contributed by atoms with Crippen molar-refractivity contribution in [1.29, 1.82) is 0 Å². The van der Waals surface area contributed by atoms with Crippen molar-refractivity contribution in [2.24, 2.45) is 0 Å². The van der Waals surface area contributed by atoms with E-state index in [-0.39, 0.29) is 19.5 Å². The van der Waals surface area contributed by atoms with Crippen molar-refractivity contribution in [2.45, 2.75) is 41.5 Å². The minimum Gasteiger partial charge on any atom is -0.550 e. The molecule has 0 atom stereocenters. The van der Waals surface area contributed by atoms with Crippen LogP contribution in [0.3, 0.4) is 0 Å². The average Bonchev–Trinajstić information content (AvgIpc) is 2.08. The predicted molar refractivity (Wildman–Crippen MR) is 64.1 cm³/mol. The number of hydrogen-bond donors (Lipinski definition) is 0. The molecular weight excluding hydrogens is 439 g/mol. The van der Waals surface area contributed by atoms with Crippen molar-refractivity contribution >= 4 is 35.8 Å². The van der Waals surface area contributed by atoms with E-state index < -0.39 is 35.8 Å². The number of carboxylic acid groups (broad SMARTS) is 6. The Morgan fingerprint density at radius 1 is 0.360 bits per heavy atom. The van der Waals surface area contributed by atoms with Gasteiger partial charge in [0.05, 0.1) is 0 Å². The van der Waals surface area contributed by atoms with E-state index in [2.05, 4.69) is 0 Å². The van der Waals surface area contributed by atoms with Crippen LogP contribution >= 0.6 is 0 Å². The maximum atomic E-state index is 8.89. The third kappa shape index (κ3) is 1240. The fourth-order valence-corrected chi connectivity index (χ4v) is 0. The van der Waals surface area contributed by atoms with Crippen LogP contribution < -0.4 is 30.6 Å². The largest absolute Gasteiger partial charge is 0.550 e. The maximum Gasteiger partial charge on any atom is 0.0383 e. The van der Waals surface area contributed by atoms with Gasteiger partial charge in [-0.25, -0.2) is 0 Å². The van der Waals surface area contributed by atoms with E-state index in [1.54, 1.807) is 0 Å². The zero-order chi connectivity index (χ0) is 21.5. The minimum absolute atomic E-state index is 0. The van der Waals surface area contributed by atoms with E-state index in [0.29, 0.717) is 0 Å². The predicted octanol–water partition coefficient (Wildman–Crippen LogP) is -7.47. The summed E-state index contributed by atoms with van der Waals surface area (Å²) < 4.78 is 0. The molecule has 0 aromatic heterocycles. The molecule has 13 heteroatoms. The smallest absolute Gasteiger partial charge is 0.0383 e. The summed E-state index contributed by atoms with van der Waals surface area (Å²) in [7, 11) is 0. The summed E-state index contributed by atoms with van der Waals surface area (Å²) in [6.45, 7) is 5.83. The quantitative estimate of drug-likeness (QED) is 0.308. The second kappa shape index (κ2) is 37.6. The van der Waals surface area contributed by atoms with Gasteiger partial charge in [-0.1, -0.05) is 0 Å². The number of aliphatic carboxylic acids is 6. The molecule has 0 saturated carbocycles. The van der Waals surface area contributed by atoms with Crippen LogP contribution in [0.2, 0.25) is 0 Å². The topological polar surface area (TPSA) is 241 Å². The van der Waals surface area contributed by atoms with Crippen LogP contribution in [-0.4, -0.2) is 35.8 Å². The average molecular weight is 457 g/mol. The Hall–Kier alpha value is -2.56. The monoisotopic (exact) mass is 457 g/mol. The van der Waals surface area contributed by atoms with Crippen molar-refractivity contribution in [3.63, 3.8) is 0 Å². The Labute approximate surface area is 156 Å². The zero-order valence-corrected chi connectivity index (χ0v) is 15.9. The number of carbonyl (C=O) groups is 6.